The van der Waals surface area contributed by atoms with Gasteiger partial charge in [0.1, 0.15) is 5.82 Å². The second-order valence-electron chi connectivity index (χ2n) is 7.72. The molecule has 0 bridgehead atoms. The highest BCUT2D eigenvalue weighted by Crippen LogP contribution is 2.43. The van der Waals surface area contributed by atoms with Crippen molar-refractivity contribution in [3.05, 3.63) is 71.0 Å². The summed E-state index contributed by atoms with van der Waals surface area (Å²) >= 11 is 0. The molecule has 2 aromatic carbocycles. The van der Waals surface area contributed by atoms with Crippen molar-refractivity contribution in [2.24, 2.45) is 0 Å². The predicted molar refractivity (Wildman–Crippen MR) is 114 cm³/mol. The van der Waals surface area contributed by atoms with E-state index in [0.717, 1.165) is 11.1 Å². The number of hydrogen-bond donors (Lipinski definition) is 1. The summed E-state index contributed by atoms with van der Waals surface area (Å²) in [6.45, 7) is 1.42. The molecule has 0 radical (unpaired) electrons. The zero-order valence-corrected chi connectivity index (χ0v) is 17.8. The molecule has 4 rings (SSSR count). The maximum atomic E-state index is 13.3. The van der Waals surface area contributed by atoms with Gasteiger partial charge in [-0.3, -0.25) is 4.79 Å². The van der Waals surface area contributed by atoms with Crippen LogP contribution in [0.4, 0.5) is 4.39 Å². The van der Waals surface area contributed by atoms with Crippen molar-refractivity contribution in [2.45, 2.75) is 24.9 Å². The van der Waals surface area contributed by atoms with Crippen LogP contribution in [0.25, 0.3) is 0 Å². The van der Waals surface area contributed by atoms with E-state index in [0.29, 0.717) is 5.56 Å². The largest absolute Gasteiger partial charge is 0.394 e. The molecular weight excluding hydrogens is 419 g/mol. The molecule has 8 heteroatoms. The van der Waals surface area contributed by atoms with Crippen molar-refractivity contribution in [3.8, 4) is 11.8 Å². The molecule has 162 valence electrons. The molecule has 2 saturated heterocycles. The van der Waals surface area contributed by atoms with Crippen LogP contribution in [0.1, 0.15) is 29.5 Å². The van der Waals surface area contributed by atoms with Gasteiger partial charge < -0.3 is 10.0 Å². The first-order valence-electron chi connectivity index (χ1n) is 10.1. The second kappa shape index (κ2) is 8.42. The topological polar surface area (TPSA) is 77.9 Å². The van der Waals surface area contributed by atoms with Gasteiger partial charge in [-0.2, -0.15) is 4.31 Å². The summed E-state index contributed by atoms with van der Waals surface area (Å²) in [5, 5.41) is 9.85. The van der Waals surface area contributed by atoms with E-state index < -0.39 is 10.0 Å². The molecule has 0 unspecified atom stereocenters. The highest BCUT2D eigenvalue weighted by atomic mass is 32.2. The van der Waals surface area contributed by atoms with Crippen LogP contribution in [0, 0.1) is 17.7 Å². The van der Waals surface area contributed by atoms with Crippen LogP contribution in [-0.4, -0.2) is 66.2 Å². The van der Waals surface area contributed by atoms with Gasteiger partial charge in [0, 0.05) is 23.6 Å². The molecule has 2 aliphatic heterocycles. The maximum absolute atomic E-state index is 13.3. The monoisotopic (exact) mass is 442 g/mol. The normalized spacial score (nSPS) is 23.5. The number of aliphatic hydroxyl groups excluding tert-OH is 1. The Morgan fingerprint density at radius 3 is 2.48 bits per heavy atom. The van der Waals surface area contributed by atoms with Crippen LogP contribution in [0.2, 0.25) is 0 Å². The Morgan fingerprint density at radius 1 is 1.13 bits per heavy atom. The minimum atomic E-state index is -3.47. The molecule has 6 nitrogen and oxygen atoms in total. The van der Waals surface area contributed by atoms with Crippen LogP contribution in [-0.2, 0) is 14.8 Å². The summed E-state index contributed by atoms with van der Waals surface area (Å²) in [6.07, 6.45) is 0. The van der Waals surface area contributed by atoms with Crippen LogP contribution < -0.4 is 0 Å². The van der Waals surface area contributed by atoms with E-state index in [1.807, 2.05) is 24.3 Å². The predicted octanol–water partition coefficient (Wildman–Crippen LogP) is 1.55. The lowest BCUT2D eigenvalue weighted by atomic mass is 9.74. The van der Waals surface area contributed by atoms with Gasteiger partial charge in [-0.25, -0.2) is 12.8 Å². The summed E-state index contributed by atoms with van der Waals surface area (Å²) < 4.78 is 39.1. The zero-order valence-electron chi connectivity index (χ0n) is 17.0. The molecule has 0 aromatic heterocycles. The molecule has 0 saturated carbocycles. The Hall–Kier alpha value is -2.73. The average Bonchev–Trinajstić information content (AvgIpc) is 2.74. The number of nitrogens with zero attached hydrogens (tertiary/aromatic N) is 2. The number of rotatable bonds is 4. The van der Waals surface area contributed by atoms with Gasteiger partial charge >= 0.3 is 0 Å². The van der Waals surface area contributed by atoms with Gasteiger partial charge in [-0.15, -0.1) is 0 Å². The first kappa shape index (κ1) is 21.5. The number of fused-ring (bicyclic) bond motifs is 1. The summed E-state index contributed by atoms with van der Waals surface area (Å²) in [5.41, 5.74) is 2.25. The second-order valence-corrected chi connectivity index (χ2v) is 9.98. The highest BCUT2D eigenvalue weighted by Gasteiger charge is 2.55. The lowest BCUT2D eigenvalue weighted by Gasteiger charge is -2.58. The van der Waals surface area contributed by atoms with Gasteiger partial charge in [0.2, 0.25) is 15.9 Å². The number of carbonyl (C=O) groups is 1. The van der Waals surface area contributed by atoms with E-state index >= 15 is 0 Å². The molecule has 1 N–H and O–H groups in total. The standard InChI is InChI=1S/C23H23FN2O4S/c1-2-31(29,30)25-13-20-23(21(15-27)26(20)22(28)14-25)18-10-8-16(9-11-18)6-7-17-4-3-5-19(24)12-17/h3-5,8-12,20-21,23,27H,2,13-15H2,1H3/t20-,21+,23+/m1/s1. The number of piperazine rings is 1. The van der Waals surface area contributed by atoms with Gasteiger partial charge in [0.25, 0.3) is 0 Å². The molecule has 2 heterocycles. The lowest BCUT2D eigenvalue weighted by Crippen LogP contribution is -2.73. The van der Waals surface area contributed by atoms with Crippen LogP contribution in [0.15, 0.2) is 48.5 Å². The van der Waals surface area contributed by atoms with Gasteiger partial charge in [0.05, 0.1) is 31.0 Å². The molecule has 1 amide bonds. The molecule has 3 atom stereocenters. The fraction of sp³-hybridized carbons (Fsp3) is 0.348. The Labute approximate surface area is 181 Å². The number of aliphatic hydroxyl groups is 1. The third-order valence-electron chi connectivity index (χ3n) is 5.95. The molecule has 2 aromatic rings. The van der Waals surface area contributed by atoms with Crippen molar-refractivity contribution in [1.82, 2.24) is 9.21 Å². The number of halogens is 1. The fourth-order valence-corrected chi connectivity index (χ4v) is 5.42. The molecule has 0 spiro atoms. The van der Waals surface area contributed by atoms with Crippen molar-refractivity contribution in [2.75, 3.05) is 25.4 Å². The average molecular weight is 443 g/mol. The Morgan fingerprint density at radius 2 is 1.84 bits per heavy atom. The molecule has 2 aliphatic rings. The summed E-state index contributed by atoms with van der Waals surface area (Å²) in [6, 6.07) is 12.8. The Kier molecular flexibility index (Phi) is 5.84. The fourth-order valence-electron chi connectivity index (χ4n) is 4.36. The SMILES string of the molecule is CCS(=O)(=O)N1CC(=O)N2[C@H](C1)[C@H](c1ccc(C#Cc3cccc(F)c3)cc1)[C@@H]2CO. The maximum Gasteiger partial charge on any atom is 0.238 e. The van der Waals surface area contributed by atoms with Crippen molar-refractivity contribution < 1.29 is 22.7 Å². The quantitative estimate of drug-likeness (QED) is 0.729. The first-order chi connectivity index (χ1) is 14.8. The molecule has 2 fully saturated rings. The number of benzene rings is 2. The van der Waals surface area contributed by atoms with E-state index in [9.17, 15) is 22.7 Å². The van der Waals surface area contributed by atoms with Crippen LogP contribution in [0.3, 0.4) is 0 Å². The number of hydrogen-bond acceptors (Lipinski definition) is 4. The molecule has 31 heavy (non-hydrogen) atoms. The third kappa shape index (κ3) is 4.09. The van der Waals surface area contributed by atoms with Crippen molar-refractivity contribution in [3.63, 3.8) is 0 Å². The summed E-state index contributed by atoms with van der Waals surface area (Å²) in [4.78, 5) is 14.2. The number of carbonyl (C=O) groups excluding carboxylic acids is 1. The zero-order chi connectivity index (χ0) is 22.2. The lowest BCUT2D eigenvalue weighted by molar-refractivity contribution is -0.158. The van der Waals surface area contributed by atoms with Gasteiger partial charge in [-0.1, -0.05) is 30.0 Å². The van der Waals surface area contributed by atoms with E-state index in [1.165, 1.54) is 16.4 Å². The molecule has 0 aliphatic carbocycles. The van der Waals surface area contributed by atoms with E-state index in [4.69, 9.17) is 0 Å². The number of amides is 1. The van der Waals surface area contributed by atoms with Crippen LogP contribution >= 0.6 is 0 Å². The van der Waals surface area contributed by atoms with E-state index in [2.05, 4.69) is 11.8 Å². The minimum Gasteiger partial charge on any atom is -0.394 e. The van der Waals surface area contributed by atoms with Gasteiger partial charge in [0.15, 0.2) is 0 Å². The Bertz CT molecular complexity index is 1150. The number of sulfonamides is 1. The van der Waals surface area contributed by atoms with E-state index in [-0.39, 0.29) is 55.2 Å². The van der Waals surface area contributed by atoms with Crippen molar-refractivity contribution in [1.29, 1.82) is 0 Å². The summed E-state index contributed by atoms with van der Waals surface area (Å²) in [7, 11) is -3.47. The summed E-state index contributed by atoms with van der Waals surface area (Å²) in [5.74, 6) is 5.09. The van der Waals surface area contributed by atoms with Crippen molar-refractivity contribution >= 4 is 15.9 Å². The smallest absolute Gasteiger partial charge is 0.238 e. The first-order valence-corrected chi connectivity index (χ1v) is 11.7. The molecular formula is C23H23FN2O4S. The minimum absolute atomic E-state index is 0.0558. The highest BCUT2D eigenvalue weighted by molar-refractivity contribution is 7.89. The van der Waals surface area contributed by atoms with Gasteiger partial charge in [-0.05, 0) is 42.8 Å². The third-order valence-corrected chi connectivity index (χ3v) is 7.75. The Balaban J connectivity index is 1.55. The van der Waals surface area contributed by atoms with Crippen LogP contribution in [0.5, 0.6) is 0 Å². The van der Waals surface area contributed by atoms with E-state index in [1.54, 1.807) is 24.0 Å².